The van der Waals surface area contributed by atoms with Gasteiger partial charge in [0.05, 0.1) is 6.61 Å². The average molecular weight is 251 g/mol. The minimum atomic E-state index is -0.288. The zero-order chi connectivity index (χ0) is 12.8. The monoisotopic (exact) mass is 250 g/mol. The van der Waals surface area contributed by atoms with Crippen molar-refractivity contribution in [3.8, 4) is 11.8 Å². The topological polar surface area (TPSA) is 26.3 Å². The van der Waals surface area contributed by atoms with Crippen molar-refractivity contribution >= 4 is 17.6 Å². The van der Waals surface area contributed by atoms with E-state index in [1.165, 1.54) is 0 Å². The van der Waals surface area contributed by atoms with Crippen LogP contribution in [-0.2, 0) is 9.53 Å². The normalized spacial score (nSPS) is 9.41. The van der Waals surface area contributed by atoms with Gasteiger partial charge in [0.15, 0.2) is 0 Å². The third-order valence-electron chi connectivity index (χ3n) is 2.25. The molecule has 1 rings (SSSR count). The predicted octanol–water partition coefficient (Wildman–Crippen LogP) is 3.26. The molecule has 3 heteroatoms. The lowest BCUT2D eigenvalue weighted by Crippen LogP contribution is -2.01. The third-order valence-corrected chi connectivity index (χ3v) is 2.47. The van der Waals surface area contributed by atoms with Crippen LogP contribution in [0.2, 0.25) is 5.02 Å². The Balaban J connectivity index is 2.82. The highest BCUT2D eigenvalue weighted by molar-refractivity contribution is 6.30. The van der Waals surface area contributed by atoms with E-state index in [2.05, 4.69) is 11.8 Å². The predicted molar refractivity (Wildman–Crippen MR) is 69.1 cm³/mol. The van der Waals surface area contributed by atoms with Crippen LogP contribution in [-0.4, -0.2) is 12.6 Å². The molecule has 90 valence electrons. The first-order valence-electron chi connectivity index (χ1n) is 5.45. The maximum Gasteiger partial charge on any atom is 0.317 e. The van der Waals surface area contributed by atoms with Gasteiger partial charge in [-0.2, -0.15) is 0 Å². The Morgan fingerprint density at radius 1 is 1.35 bits per heavy atom. The maximum atomic E-state index is 11.1. The van der Waals surface area contributed by atoms with E-state index in [4.69, 9.17) is 16.3 Å². The van der Waals surface area contributed by atoms with Crippen LogP contribution in [0.3, 0.4) is 0 Å². The van der Waals surface area contributed by atoms with Gasteiger partial charge < -0.3 is 4.74 Å². The Morgan fingerprint density at radius 2 is 1.94 bits per heavy atom. The number of hydrogen-bond acceptors (Lipinski definition) is 2. The number of carbonyl (C=O) groups excluding carboxylic acids is 1. The van der Waals surface area contributed by atoms with Crippen molar-refractivity contribution in [2.75, 3.05) is 6.61 Å². The van der Waals surface area contributed by atoms with E-state index in [0.717, 1.165) is 16.7 Å². The van der Waals surface area contributed by atoms with Crippen LogP contribution in [0.25, 0.3) is 0 Å². The van der Waals surface area contributed by atoms with Crippen LogP contribution in [0, 0.1) is 25.7 Å². The lowest BCUT2D eigenvalue weighted by atomic mass is 10.0. The highest BCUT2D eigenvalue weighted by Crippen LogP contribution is 2.19. The van der Waals surface area contributed by atoms with E-state index in [1.54, 1.807) is 6.92 Å². The van der Waals surface area contributed by atoms with Crippen molar-refractivity contribution in [3.63, 3.8) is 0 Å². The van der Waals surface area contributed by atoms with Gasteiger partial charge in [-0.15, -0.1) is 0 Å². The first-order valence-corrected chi connectivity index (χ1v) is 5.83. The standard InChI is InChI=1S/C14H15ClO2/c1-4-17-14(16)7-5-6-13-10(2)8-12(15)9-11(13)3/h8-9H,4,7H2,1-3H3. The van der Waals surface area contributed by atoms with Gasteiger partial charge in [0, 0.05) is 10.6 Å². The number of benzene rings is 1. The molecule has 0 aliphatic heterocycles. The second kappa shape index (κ2) is 6.32. The summed E-state index contributed by atoms with van der Waals surface area (Å²) in [5.74, 6) is 5.52. The zero-order valence-corrected chi connectivity index (χ0v) is 11.0. The highest BCUT2D eigenvalue weighted by atomic mass is 35.5. The van der Waals surface area contributed by atoms with Crippen LogP contribution in [0.4, 0.5) is 0 Å². The van der Waals surface area contributed by atoms with Gasteiger partial charge in [0.2, 0.25) is 0 Å². The van der Waals surface area contributed by atoms with E-state index in [0.29, 0.717) is 11.6 Å². The largest absolute Gasteiger partial charge is 0.465 e. The minimum absolute atomic E-state index is 0.120. The summed E-state index contributed by atoms with van der Waals surface area (Å²) >= 11 is 5.93. The SMILES string of the molecule is CCOC(=O)CC#Cc1c(C)cc(Cl)cc1C. The Bertz CT molecular complexity index is 458. The summed E-state index contributed by atoms with van der Waals surface area (Å²) < 4.78 is 4.80. The summed E-state index contributed by atoms with van der Waals surface area (Å²) in [4.78, 5) is 11.1. The molecule has 0 saturated heterocycles. The van der Waals surface area contributed by atoms with Gasteiger partial charge in [-0.3, -0.25) is 4.79 Å². The van der Waals surface area contributed by atoms with Crippen LogP contribution in [0.1, 0.15) is 30.0 Å². The maximum absolute atomic E-state index is 11.1. The number of hydrogen-bond donors (Lipinski definition) is 0. The van der Waals surface area contributed by atoms with Crippen LogP contribution in [0.15, 0.2) is 12.1 Å². The van der Waals surface area contributed by atoms with Crippen molar-refractivity contribution in [2.45, 2.75) is 27.2 Å². The Hall–Kier alpha value is -1.46. The molecule has 0 heterocycles. The van der Waals surface area contributed by atoms with Gasteiger partial charge in [0.1, 0.15) is 6.42 Å². The molecular formula is C14H15ClO2. The molecule has 0 unspecified atom stereocenters. The van der Waals surface area contributed by atoms with Gasteiger partial charge in [-0.25, -0.2) is 0 Å². The first kappa shape index (κ1) is 13.6. The van der Waals surface area contributed by atoms with Gasteiger partial charge in [-0.05, 0) is 44.0 Å². The van der Waals surface area contributed by atoms with Crippen molar-refractivity contribution in [2.24, 2.45) is 0 Å². The van der Waals surface area contributed by atoms with E-state index >= 15 is 0 Å². The number of carbonyl (C=O) groups is 1. The molecule has 0 aromatic heterocycles. The molecule has 0 amide bonds. The summed E-state index contributed by atoms with van der Waals surface area (Å²) in [6, 6.07) is 3.73. The van der Waals surface area contributed by atoms with Crippen molar-refractivity contribution in [1.82, 2.24) is 0 Å². The fourth-order valence-electron chi connectivity index (χ4n) is 1.52. The fraction of sp³-hybridized carbons (Fsp3) is 0.357. The Morgan fingerprint density at radius 3 is 2.47 bits per heavy atom. The van der Waals surface area contributed by atoms with E-state index in [9.17, 15) is 4.79 Å². The number of aryl methyl sites for hydroxylation is 2. The Kier molecular flexibility index (Phi) is 5.06. The van der Waals surface area contributed by atoms with E-state index < -0.39 is 0 Å². The molecule has 0 saturated carbocycles. The minimum Gasteiger partial charge on any atom is -0.465 e. The van der Waals surface area contributed by atoms with E-state index in [1.807, 2.05) is 26.0 Å². The fourth-order valence-corrected chi connectivity index (χ4v) is 1.85. The molecule has 0 N–H and O–H groups in total. The van der Waals surface area contributed by atoms with Crippen LogP contribution < -0.4 is 0 Å². The number of halogens is 1. The summed E-state index contributed by atoms with van der Waals surface area (Å²) in [5.41, 5.74) is 2.97. The summed E-state index contributed by atoms with van der Waals surface area (Å²) in [7, 11) is 0. The number of ether oxygens (including phenoxy) is 1. The molecule has 0 aliphatic rings. The molecule has 0 spiro atoms. The smallest absolute Gasteiger partial charge is 0.317 e. The van der Waals surface area contributed by atoms with Crippen molar-refractivity contribution in [1.29, 1.82) is 0 Å². The summed E-state index contributed by atoms with van der Waals surface area (Å²) in [5, 5.41) is 0.705. The molecule has 0 fully saturated rings. The third kappa shape index (κ3) is 4.13. The lowest BCUT2D eigenvalue weighted by molar-refractivity contribution is -0.141. The second-order valence-corrected chi connectivity index (χ2v) is 4.13. The average Bonchev–Trinajstić information content (AvgIpc) is 2.22. The highest BCUT2D eigenvalue weighted by Gasteiger charge is 2.02. The first-order chi connectivity index (χ1) is 8.04. The molecule has 17 heavy (non-hydrogen) atoms. The van der Waals surface area contributed by atoms with Gasteiger partial charge >= 0.3 is 5.97 Å². The number of rotatable bonds is 2. The van der Waals surface area contributed by atoms with Crippen LogP contribution in [0.5, 0.6) is 0 Å². The summed E-state index contributed by atoms with van der Waals surface area (Å²) in [6.07, 6.45) is 0.120. The molecule has 0 aliphatic carbocycles. The van der Waals surface area contributed by atoms with Gasteiger partial charge in [0.25, 0.3) is 0 Å². The second-order valence-electron chi connectivity index (χ2n) is 3.70. The van der Waals surface area contributed by atoms with Gasteiger partial charge in [-0.1, -0.05) is 23.4 Å². The van der Waals surface area contributed by atoms with E-state index in [-0.39, 0.29) is 12.4 Å². The zero-order valence-electron chi connectivity index (χ0n) is 10.3. The molecule has 1 aromatic carbocycles. The Labute approximate surface area is 107 Å². The molecule has 2 nitrogen and oxygen atoms in total. The molecule has 1 aromatic rings. The molecular weight excluding hydrogens is 236 g/mol. The van der Waals surface area contributed by atoms with Crippen molar-refractivity contribution in [3.05, 3.63) is 33.8 Å². The van der Waals surface area contributed by atoms with Crippen LogP contribution >= 0.6 is 11.6 Å². The molecule has 0 radical (unpaired) electrons. The molecule has 0 atom stereocenters. The number of esters is 1. The quantitative estimate of drug-likeness (QED) is 0.595. The summed E-state index contributed by atoms with van der Waals surface area (Å²) in [6.45, 7) is 6.07. The van der Waals surface area contributed by atoms with Crippen molar-refractivity contribution < 1.29 is 9.53 Å². The molecule has 0 bridgehead atoms. The lowest BCUT2D eigenvalue weighted by Gasteiger charge is -2.03.